The molecule has 1 aliphatic rings. The number of ether oxygens (including phenoxy) is 1. The molecule has 1 N–H and O–H groups in total. The molecule has 0 spiro atoms. The van der Waals surface area contributed by atoms with Gasteiger partial charge in [0.25, 0.3) is 11.8 Å². The smallest absolute Gasteiger partial charge is 0.268 e. The van der Waals surface area contributed by atoms with E-state index < -0.39 is 6.10 Å². The first-order valence-electron chi connectivity index (χ1n) is 9.66. The Kier molecular flexibility index (Phi) is 5.59. The summed E-state index contributed by atoms with van der Waals surface area (Å²) in [4.78, 5) is 27.3. The molecule has 1 aliphatic heterocycles. The van der Waals surface area contributed by atoms with Gasteiger partial charge in [-0.1, -0.05) is 46.3 Å². The van der Waals surface area contributed by atoms with Crippen molar-refractivity contribution in [3.05, 3.63) is 87.9 Å². The summed E-state index contributed by atoms with van der Waals surface area (Å²) >= 11 is 3.38. The highest BCUT2D eigenvalue weighted by Crippen LogP contribution is 2.37. The molecule has 0 aromatic heterocycles. The second-order valence-corrected chi connectivity index (χ2v) is 8.17. The van der Waals surface area contributed by atoms with Crippen LogP contribution in [-0.2, 0) is 11.3 Å². The van der Waals surface area contributed by atoms with Crippen LogP contribution in [0.1, 0.15) is 28.4 Å². The van der Waals surface area contributed by atoms with Crippen molar-refractivity contribution in [2.24, 2.45) is 0 Å². The molecule has 6 heteroatoms. The van der Waals surface area contributed by atoms with E-state index in [2.05, 4.69) is 21.2 Å². The lowest BCUT2D eigenvalue weighted by molar-refractivity contribution is -0.125. The summed E-state index contributed by atoms with van der Waals surface area (Å²) < 4.78 is 6.62. The van der Waals surface area contributed by atoms with Crippen LogP contribution < -0.4 is 15.0 Å². The van der Waals surface area contributed by atoms with Crippen molar-refractivity contribution < 1.29 is 14.3 Å². The Morgan fingerprint density at radius 1 is 1.10 bits per heavy atom. The number of hydrogen-bond acceptors (Lipinski definition) is 3. The molecule has 152 valence electrons. The van der Waals surface area contributed by atoms with Gasteiger partial charge in [0.1, 0.15) is 5.75 Å². The molecule has 0 bridgehead atoms. The Morgan fingerprint density at radius 3 is 2.67 bits per heavy atom. The normalized spacial score (nSPS) is 15.4. The number of carbonyl (C=O) groups is 2. The number of halogens is 1. The Balaban J connectivity index is 1.65. The monoisotopic (exact) mass is 464 g/mol. The number of benzene rings is 3. The van der Waals surface area contributed by atoms with Gasteiger partial charge in [0.15, 0.2) is 6.10 Å². The van der Waals surface area contributed by atoms with Gasteiger partial charge in [-0.25, -0.2) is 0 Å². The zero-order valence-electron chi connectivity index (χ0n) is 16.7. The van der Waals surface area contributed by atoms with Crippen molar-refractivity contribution in [2.75, 3.05) is 10.2 Å². The largest absolute Gasteiger partial charge is 0.479 e. The fourth-order valence-corrected chi connectivity index (χ4v) is 3.84. The number of anilines is 2. The van der Waals surface area contributed by atoms with Gasteiger partial charge in [-0.05, 0) is 61.4 Å². The molecule has 30 heavy (non-hydrogen) atoms. The van der Waals surface area contributed by atoms with Crippen molar-refractivity contribution in [3.63, 3.8) is 0 Å². The second-order valence-electron chi connectivity index (χ2n) is 7.26. The topological polar surface area (TPSA) is 58.6 Å². The van der Waals surface area contributed by atoms with Crippen LogP contribution >= 0.6 is 15.9 Å². The SMILES string of the molecule is Cc1ccccc1CN1C(=O)C(C)Oc2ccc(NC(=O)c3cccc(Br)c3)cc21. The maximum Gasteiger partial charge on any atom is 0.268 e. The fraction of sp³-hybridized carbons (Fsp3) is 0.167. The van der Waals surface area contributed by atoms with Gasteiger partial charge < -0.3 is 15.0 Å². The highest BCUT2D eigenvalue weighted by atomic mass is 79.9. The molecule has 1 heterocycles. The van der Waals surface area contributed by atoms with E-state index in [9.17, 15) is 9.59 Å². The highest BCUT2D eigenvalue weighted by Gasteiger charge is 2.32. The third-order valence-electron chi connectivity index (χ3n) is 5.10. The number of amides is 2. The van der Waals surface area contributed by atoms with Gasteiger partial charge in [0, 0.05) is 15.7 Å². The molecule has 3 aromatic rings. The molecule has 3 aromatic carbocycles. The van der Waals surface area contributed by atoms with Crippen molar-refractivity contribution in [1.82, 2.24) is 0 Å². The average Bonchev–Trinajstić information content (AvgIpc) is 2.73. The Morgan fingerprint density at radius 2 is 1.90 bits per heavy atom. The first kappa shape index (κ1) is 20.2. The van der Waals surface area contributed by atoms with Crippen LogP contribution in [0.5, 0.6) is 5.75 Å². The summed E-state index contributed by atoms with van der Waals surface area (Å²) in [5.41, 5.74) is 3.97. The second kappa shape index (κ2) is 8.32. The molecular formula is C24H21BrN2O3. The van der Waals surface area contributed by atoms with Crippen LogP contribution in [0, 0.1) is 6.92 Å². The quantitative estimate of drug-likeness (QED) is 0.567. The number of aryl methyl sites for hydroxylation is 1. The van der Waals surface area contributed by atoms with Gasteiger partial charge in [-0.3, -0.25) is 9.59 Å². The minimum absolute atomic E-state index is 0.110. The van der Waals surface area contributed by atoms with E-state index in [0.29, 0.717) is 29.2 Å². The lowest BCUT2D eigenvalue weighted by Crippen LogP contribution is -2.44. The molecule has 0 radical (unpaired) electrons. The average molecular weight is 465 g/mol. The molecule has 0 fully saturated rings. The Bertz CT molecular complexity index is 1130. The Hall–Kier alpha value is -3.12. The lowest BCUT2D eigenvalue weighted by Gasteiger charge is -2.33. The molecular weight excluding hydrogens is 444 g/mol. The molecule has 0 aliphatic carbocycles. The summed E-state index contributed by atoms with van der Waals surface area (Å²) in [5, 5.41) is 2.90. The van der Waals surface area contributed by atoms with Crippen molar-refractivity contribution in [2.45, 2.75) is 26.5 Å². The lowest BCUT2D eigenvalue weighted by atomic mass is 10.1. The van der Waals surface area contributed by atoms with Crippen LogP contribution in [0.3, 0.4) is 0 Å². The zero-order valence-corrected chi connectivity index (χ0v) is 18.3. The van der Waals surface area contributed by atoms with Crippen LogP contribution in [0.15, 0.2) is 71.2 Å². The van der Waals surface area contributed by atoms with E-state index in [1.54, 1.807) is 42.2 Å². The van der Waals surface area contributed by atoms with E-state index in [1.807, 2.05) is 43.3 Å². The third kappa shape index (κ3) is 4.09. The Labute approximate surface area is 183 Å². The molecule has 5 nitrogen and oxygen atoms in total. The van der Waals surface area contributed by atoms with Crippen molar-refractivity contribution in [1.29, 1.82) is 0 Å². The van der Waals surface area contributed by atoms with E-state index >= 15 is 0 Å². The predicted molar refractivity (Wildman–Crippen MR) is 121 cm³/mol. The summed E-state index contributed by atoms with van der Waals surface area (Å²) in [6.45, 7) is 4.22. The molecule has 2 amide bonds. The minimum atomic E-state index is -0.566. The van der Waals surface area contributed by atoms with Gasteiger partial charge in [-0.2, -0.15) is 0 Å². The number of nitrogens with one attached hydrogen (secondary N) is 1. The van der Waals surface area contributed by atoms with E-state index in [4.69, 9.17) is 4.74 Å². The maximum atomic E-state index is 12.9. The third-order valence-corrected chi connectivity index (χ3v) is 5.59. The summed E-state index contributed by atoms with van der Waals surface area (Å²) in [6, 6.07) is 20.5. The van der Waals surface area contributed by atoms with Crippen molar-refractivity contribution >= 4 is 39.1 Å². The van der Waals surface area contributed by atoms with Crippen LogP contribution in [0.25, 0.3) is 0 Å². The number of rotatable bonds is 4. The molecule has 4 rings (SSSR count). The first-order chi connectivity index (χ1) is 14.4. The highest BCUT2D eigenvalue weighted by molar-refractivity contribution is 9.10. The number of nitrogens with zero attached hydrogens (tertiary/aromatic N) is 1. The molecule has 1 unspecified atom stereocenters. The first-order valence-corrected chi connectivity index (χ1v) is 10.4. The number of carbonyl (C=O) groups excluding carboxylic acids is 2. The van der Waals surface area contributed by atoms with E-state index in [0.717, 1.165) is 15.6 Å². The van der Waals surface area contributed by atoms with E-state index in [1.165, 1.54) is 0 Å². The van der Waals surface area contributed by atoms with E-state index in [-0.39, 0.29) is 11.8 Å². The predicted octanol–water partition coefficient (Wildman–Crippen LogP) is 5.32. The standard InChI is InChI=1S/C24H21BrN2O3/c1-15-6-3-4-7-18(15)14-27-21-13-20(10-11-22(21)30-16(2)24(27)29)26-23(28)17-8-5-9-19(25)12-17/h3-13,16H,14H2,1-2H3,(H,26,28). The summed E-state index contributed by atoms with van der Waals surface area (Å²) in [6.07, 6.45) is -0.566. The van der Waals surface area contributed by atoms with Crippen LogP contribution in [0.2, 0.25) is 0 Å². The van der Waals surface area contributed by atoms with Crippen LogP contribution in [-0.4, -0.2) is 17.9 Å². The number of hydrogen-bond donors (Lipinski definition) is 1. The fourth-order valence-electron chi connectivity index (χ4n) is 3.44. The summed E-state index contributed by atoms with van der Waals surface area (Å²) in [5.74, 6) is 0.287. The molecule has 1 atom stereocenters. The summed E-state index contributed by atoms with van der Waals surface area (Å²) in [7, 11) is 0. The van der Waals surface area contributed by atoms with Gasteiger partial charge in [0.05, 0.1) is 12.2 Å². The van der Waals surface area contributed by atoms with Gasteiger partial charge in [-0.15, -0.1) is 0 Å². The van der Waals surface area contributed by atoms with Gasteiger partial charge >= 0.3 is 0 Å². The molecule has 0 saturated heterocycles. The molecule has 0 saturated carbocycles. The van der Waals surface area contributed by atoms with Crippen LogP contribution in [0.4, 0.5) is 11.4 Å². The minimum Gasteiger partial charge on any atom is -0.479 e. The van der Waals surface area contributed by atoms with Gasteiger partial charge in [0.2, 0.25) is 0 Å². The van der Waals surface area contributed by atoms with Crippen molar-refractivity contribution in [3.8, 4) is 5.75 Å². The zero-order chi connectivity index (χ0) is 21.3. The number of fused-ring (bicyclic) bond motifs is 1. The maximum absolute atomic E-state index is 12.9.